The van der Waals surface area contributed by atoms with Gasteiger partial charge in [0.1, 0.15) is 4.60 Å². The molecule has 2 N–H and O–H groups in total. The Labute approximate surface area is 93.0 Å². The average Bonchev–Trinajstić information content (AvgIpc) is 2.06. The van der Waals surface area contributed by atoms with Crippen molar-refractivity contribution in [1.29, 1.82) is 0 Å². The summed E-state index contributed by atoms with van der Waals surface area (Å²) in [6, 6.07) is 0. The second-order valence-electron chi connectivity index (χ2n) is 3.29. The number of hydrogen-bond donors (Lipinski definition) is 1. The van der Waals surface area contributed by atoms with Crippen LogP contribution in [0.1, 0.15) is 31.3 Å². The van der Waals surface area contributed by atoms with E-state index < -0.39 is 12.0 Å². The lowest BCUT2D eigenvalue weighted by Crippen LogP contribution is -2.15. The Balaban J connectivity index is 3.36. The molecule has 1 aromatic heterocycles. The zero-order valence-electron chi connectivity index (χ0n) is 8.06. The standard InChI is InChI=1S/C8H9BrF3N3/c1-3(2)5-4(13)6(9)15-7(14-5)8(10,11)12/h3H,13H2,1-2H3. The van der Waals surface area contributed by atoms with Crippen molar-refractivity contribution >= 4 is 21.6 Å². The van der Waals surface area contributed by atoms with E-state index in [1.54, 1.807) is 13.8 Å². The van der Waals surface area contributed by atoms with Gasteiger partial charge in [-0.25, -0.2) is 9.97 Å². The lowest BCUT2D eigenvalue weighted by atomic mass is 10.1. The van der Waals surface area contributed by atoms with Crippen molar-refractivity contribution in [3.05, 3.63) is 16.1 Å². The smallest absolute Gasteiger partial charge is 0.395 e. The number of hydrogen-bond acceptors (Lipinski definition) is 3. The first-order valence-electron chi connectivity index (χ1n) is 4.13. The van der Waals surface area contributed by atoms with E-state index in [0.29, 0.717) is 0 Å². The van der Waals surface area contributed by atoms with Gasteiger partial charge in [0.05, 0.1) is 11.4 Å². The molecular formula is C8H9BrF3N3. The molecule has 7 heteroatoms. The van der Waals surface area contributed by atoms with Crippen molar-refractivity contribution in [3.8, 4) is 0 Å². The van der Waals surface area contributed by atoms with Gasteiger partial charge in [0.25, 0.3) is 0 Å². The van der Waals surface area contributed by atoms with Crippen LogP contribution in [0.5, 0.6) is 0 Å². The van der Waals surface area contributed by atoms with Crippen LogP contribution in [-0.4, -0.2) is 9.97 Å². The molecule has 1 heterocycles. The predicted octanol–water partition coefficient (Wildman–Crippen LogP) is 2.96. The van der Waals surface area contributed by atoms with Crippen molar-refractivity contribution < 1.29 is 13.2 Å². The second-order valence-corrected chi connectivity index (χ2v) is 4.04. The molecule has 0 bridgehead atoms. The normalized spacial score (nSPS) is 12.2. The van der Waals surface area contributed by atoms with Crippen LogP contribution in [0.3, 0.4) is 0 Å². The molecule has 15 heavy (non-hydrogen) atoms. The molecule has 1 aromatic rings. The van der Waals surface area contributed by atoms with Gasteiger partial charge in [0.15, 0.2) is 0 Å². The zero-order valence-corrected chi connectivity index (χ0v) is 9.65. The molecule has 0 radical (unpaired) electrons. The van der Waals surface area contributed by atoms with Gasteiger partial charge >= 0.3 is 6.18 Å². The summed E-state index contributed by atoms with van der Waals surface area (Å²) in [6.07, 6.45) is -4.56. The van der Waals surface area contributed by atoms with E-state index in [-0.39, 0.29) is 21.9 Å². The molecule has 0 aromatic carbocycles. The number of anilines is 1. The van der Waals surface area contributed by atoms with Crippen LogP contribution in [0.15, 0.2) is 4.60 Å². The molecule has 1 rings (SSSR count). The molecule has 3 nitrogen and oxygen atoms in total. The van der Waals surface area contributed by atoms with E-state index >= 15 is 0 Å². The minimum Gasteiger partial charge on any atom is -0.395 e. The summed E-state index contributed by atoms with van der Waals surface area (Å²) in [6.45, 7) is 3.43. The Morgan fingerprint density at radius 2 is 1.80 bits per heavy atom. The lowest BCUT2D eigenvalue weighted by Gasteiger charge is -2.12. The van der Waals surface area contributed by atoms with Crippen LogP contribution in [0.2, 0.25) is 0 Å². The van der Waals surface area contributed by atoms with Crippen molar-refractivity contribution in [2.45, 2.75) is 25.9 Å². The highest BCUT2D eigenvalue weighted by molar-refractivity contribution is 9.10. The summed E-state index contributed by atoms with van der Waals surface area (Å²) in [7, 11) is 0. The number of aromatic nitrogens is 2. The molecule has 0 spiro atoms. The number of nitrogen functional groups attached to an aromatic ring is 1. The minimum absolute atomic E-state index is 0.0199. The Morgan fingerprint density at radius 3 is 2.20 bits per heavy atom. The molecule has 0 amide bonds. The highest BCUT2D eigenvalue weighted by atomic mass is 79.9. The van der Waals surface area contributed by atoms with Gasteiger partial charge in [0, 0.05) is 0 Å². The number of rotatable bonds is 1. The van der Waals surface area contributed by atoms with E-state index in [4.69, 9.17) is 5.73 Å². The highest BCUT2D eigenvalue weighted by Crippen LogP contribution is 2.32. The summed E-state index contributed by atoms with van der Waals surface area (Å²) in [5.74, 6) is -1.36. The summed E-state index contributed by atoms with van der Waals surface area (Å²) in [5, 5.41) is 0. The van der Waals surface area contributed by atoms with E-state index in [1.807, 2.05) is 0 Å². The molecule has 0 aliphatic carbocycles. The first kappa shape index (κ1) is 12.2. The van der Waals surface area contributed by atoms with Gasteiger partial charge in [-0.15, -0.1) is 0 Å². The van der Waals surface area contributed by atoms with Gasteiger partial charge in [-0.2, -0.15) is 13.2 Å². The van der Waals surface area contributed by atoms with Crippen LogP contribution in [0.25, 0.3) is 0 Å². The summed E-state index contributed by atoms with van der Waals surface area (Å²) < 4.78 is 37.0. The summed E-state index contributed by atoms with van der Waals surface area (Å²) in [4.78, 5) is 6.66. The van der Waals surface area contributed by atoms with Crippen molar-refractivity contribution in [2.24, 2.45) is 0 Å². The molecule has 0 aliphatic rings. The van der Waals surface area contributed by atoms with E-state index in [9.17, 15) is 13.2 Å². The topological polar surface area (TPSA) is 51.8 Å². The van der Waals surface area contributed by atoms with E-state index in [2.05, 4.69) is 25.9 Å². The SMILES string of the molecule is CC(C)c1nc(C(F)(F)F)nc(Br)c1N. The Bertz CT molecular complexity index is 376. The van der Waals surface area contributed by atoms with Crippen molar-refractivity contribution in [3.63, 3.8) is 0 Å². The van der Waals surface area contributed by atoms with Gasteiger partial charge < -0.3 is 5.73 Å². The summed E-state index contributed by atoms with van der Waals surface area (Å²) in [5.41, 5.74) is 5.91. The maximum absolute atomic E-state index is 12.4. The monoisotopic (exact) mass is 283 g/mol. The quantitative estimate of drug-likeness (QED) is 0.806. The Hall–Kier alpha value is -0.850. The van der Waals surface area contributed by atoms with E-state index in [1.165, 1.54) is 0 Å². The van der Waals surface area contributed by atoms with Crippen LogP contribution in [0.4, 0.5) is 18.9 Å². The maximum Gasteiger partial charge on any atom is 0.451 e. The molecule has 84 valence electrons. The van der Waals surface area contributed by atoms with Crippen molar-refractivity contribution in [2.75, 3.05) is 5.73 Å². The average molecular weight is 284 g/mol. The van der Waals surface area contributed by atoms with Crippen LogP contribution < -0.4 is 5.73 Å². The number of halogens is 4. The molecule has 0 unspecified atom stereocenters. The largest absolute Gasteiger partial charge is 0.451 e. The predicted molar refractivity (Wildman–Crippen MR) is 53.2 cm³/mol. The molecule has 0 aliphatic heterocycles. The van der Waals surface area contributed by atoms with Crippen LogP contribution in [0, 0.1) is 0 Å². The molecule has 0 fully saturated rings. The third kappa shape index (κ3) is 2.58. The zero-order chi connectivity index (χ0) is 11.8. The Morgan fingerprint density at radius 1 is 1.27 bits per heavy atom. The fraction of sp³-hybridized carbons (Fsp3) is 0.500. The number of nitrogens with zero attached hydrogens (tertiary/aromatic N) is 2. The van der Waals surface area contributed by atoms with Crippen LogP contribution >= 0.6 is 15.9 Å². The lowest BCUT2D eigenvalue weighted by molar-refractivity contribution is -0.145. The van der Waals surface area contributed by atoms with Crippen molar-refractivity contribution in [1.82, 2.24) is 9.97 Å². The minimum atomic E-state index is -4.56. The van der Waals surface area contributed by atoms with Gasteiger partial charge in [-0.1, -0.05) is 13.8 Å². The first-order valence-corrected chi connectivity index (χ1v) is 4.93. The number of alkyl halides is 3. The molecule has 0 atom stereocenters. The summed E-state index contributed by atoms with van der Waals surface area (Å²) >= 11 is 2.88. The van der Waals surface area contributed by atoms with E-state index in [0.717, 1.165) is 0 Å². The fourth-order valence-corrected chi connectivity index (χ4v) is 1.40. The third-order valence-corrected chi connectivity index (χ3v) is 2.33. The van der Waals surface area contributed by atoms with Crippen LogP contribution in [-0.2, 0) is 6.18 Å². The Kier molecular flexibility index (Phi) is 3.22. The molecular weight excluding hydrogens is 275 g/mol. The highest BCUT2D eigenvalue weighted by Gasteiger charge is 2.36. The van der Waals surface area contributed by atoms with Gasteiger partial charge in [-0.05, 0) is 21.8 Å². The first-order chi connectivity index (χ1) is 6.73. The molecule has 0 saturated heterocycles. The fourth-order valence-electron chi connectivity index (χ4n) is 1.03. The van der Waals surface area contributed by atoms with Gasteiger partial charge in [-0.3, -0.25) is 0 Å². The van der Waals surface area contributed by atoms with Gasteiger partial charge in [0.2, 0.25) is 5.82 Å². The number of nitrogens with two attached hydrogens (primary N) is 1. The molecule has 0 saturated carbocycles. The third-order valence-electron chi connectivity index (χ3n) is 1.73. The second kappa shape index (κ2) is 3.96. The maximum atomic E-state index is 12.4.